The van der Waals surface area contributed by atoms with E-state index in [9.17, 15) is 9.18 Å². The fraction of sp³-hybridized carbons (Fsp3) is 0.130. The molecular formula is C23H20FN5OS. The molecule has 0 saturated carbocycles. The van der Waals surface area contributed by atoms with Crippen LogP contribution in [0, 0.1) is 5.82 Å². The molecule has 4 aromatic rings. The number of benzene rings is 2. The Morgan fingerprint density at radius 2 is 1.81 bits per heavy atom. The second-order valence-electron chi connectivity index (χ2n) is 6.88. The molecule has 0 aliphatic carbocycles. The maximum Gasteiger partial charge on any atom is 0.233 e. The highest BCUT2D eigenvalue weighted by molar-refractivity contribution is 7.99. The molecule has 2 aromatic heterocycles. The Hall–Kier alpha value is -3.52. The molecule has 156 valence electrons. The Balaban J connectivity index is 1.55. The molecule has 0 unspecified atom stereocenters. The topological polar surface area (TPSA) is 63.9 Å². The number of aromatic nitrogens is 4. The SMILES string of the molecule is CN(Cc1cccnc1)C(=O)CSc1nnc(-c2ccc(F)cc2)n1-c1ccccc1. The molecule has 0 radical (unpaired) electrons. The van der Waals surface area contributed by atoms with E-state index in [1.54, 1.807) is 36.5 Å². The van der Waals surface area contributed by atoms with Crippen LogP contribution in [0.5, 0.6) is 0 Å². The first kappa shape index (κ1) is 20.7. The van der Waals surface area contributed by atoms with Gasteiger partial charge in [0.05, 0.1) is 5.75 Å². The number of thioether (sulfide) groups is 1. The van der Waals surface area contributed by atoms with E-state index in [2.05, 4.69) is 15.2 Å². The van der Waals surface area contributed by atoms with Crippen LogP contribution in [0.1, 0.15) is 5.56 Å². The third-order valence-corrected chi connectivity index (χ3v) is 5.56. The van der Waals surface area contributed by atoms with E-state index in [4.69, 9.17) is 0 Å². The van der Waals surface area contributed by atoms with Crippen LogP contribution >= 0.6 is 11.8 Å². The molecule has 0 atom stereocenters. The van der Waals surface area contributed by atoms with E-state index >= 15 is 0 Å². The van der Waals surface area contributed by atoms with Gasteiger partial charge in [-0.15, -0.1) is 10.2 Å². The molecule has 6 nitrogen and oxygen atoms in total. The molecule has 0 aliphatic heterocycles. The predicted octanol–water partition coefficient (Wildman–Crippen LogP) is 4.22. The van der Waals surface area contributed by atoms with Crippen molar-refractivity contribution < 1.29 is 9.18 Å². The minimum absolute atomic E-state index is 0.0280. The molecule has 31 heavy (non-hydrogen) atoms. The molecule has 2 aromatic carbocycles. The molecule has 0 saturated heterocycles. The van der Waals surface area contributed by atoms with Crippen molar-refractivity contribution in [2.24, 2.45) is 0 Å². The largest absolute Gasteiger partial charge is 0.341 e. The maximum atomic E-state index is 13.4. The number of amides is 1. The minimum Gasteiger partial charge on any atom is -0.341 e. The molecule has 0 aliphatic rings. The molecule has 2 heterocycles. The molecule has 1 amide bonds. The van der Waals surface area contributed by atoms with Gasteiger partial charge in [-0.1, -0.05) is 36.0 Å². The zero-order valence-electron chi connectivity index (χ0n) is 16.9. The summed E-state index contributed by atoms with van der Waals surface area (Å²) in [5.41, 5.74) is 2.57. The van der Waals surface area contributed by atoms with Gasteiger partial charge >= 0.3 is 0 Å². The maximum absolute atomic E-state index is 13.4. The van der Waals surface area contributed by atoms with Gasteiger partial charge in [0.25, 0.3) is 0 Å². The predicted molar refractivity (Wildman–Crippen MR) is 118 cm³/mol. The van der Waals surface area contributed by atoms with Crippen molar-refractivity contribution >= 4 is 17.7 Å². The summed E-state index contributed by atoms with van der Waals surface area (Å²) in [5.74, 6) is 0.460. The van der Waals surface area contributed by atoms with Gasteiger partial charge in [-0.3, -0.25) is 14.3 Å². The molecule has 0 bridgehead atoms. The molecule has 0 fully saturated rings. The van der Waals surface area contributed by atoms with Crippen molar-refractivity contribution in [1.29, 1.82) is 0 Å². The Bertz CT molecular complexity index is 1150. The number of pyridine rings is 1. The Kier molecular flexibility index (Phi) is 6.37. The Morgan fingerprint density at radius 3 is 2.52 bits per heavy atom. The van der Waals surface area contributed by atoms with Gasteiger partial charge in [0.1, 0.15) is 5.82 Å². The van der Waals surface area contributed by atoms with Crippen molar-refractivity contribution in [2.45, 2.75) is 11.7 Å². The summed E-state index contributed by atoms with van der Waals surface area (Å²) >= 11 is 1.32. The van der Waals surface area contributed by atoms with E-state index < -0.39 is 0 Å². The summed E-state index contributed by atoms with van der Waals surface area (Å²) in [7, 11) is 1.77. The van der Waals surface area contributed by atoms with E-state index in [1.807, 2.05) is 47.0 Å². The number of hydrogen-bond acceptors (Lipinski definition) is 5. The van der Waals surface area contributed by atoms with Crippen LogP contribution in [-0.4, -0.2) is 43.4 Å². The molecule has 4 rings (SSSR count). The van der Waals surface area contributed by atoms with Gasteiger partial charge in [0.15, 0.2) is 11.0 Å². The smallest absolute Gasteiger partial charge is 0.233 e. The van der Waals surface area contributed by atoms with Crippen molar-refractivity contribution in [2.75, 3.05) is 12.8 Å². The van der Waals surface area contributed by atoms with Crippen LogP contribution in [0.2, 0.25) is 0 Å². The zero-order valence-corrected chi connectivity index (χ0v) is 17.7. The van der Waals surface area contributed by atoms with Crippen LogP contribution in [0.4, 0.5) is 4.39 Å². The van der Waals surface area contributed by atoms with Crippen molar-refractivity contribution in [3.05, 3.63) is 90.5 Å². The number of hydrogen-bond donors (Lipinski definition) is 0. The molecular weight excluding hydrogens is 413 g/mol. The lowest BCUT2D eigenvalue weighted by atomic mass is 10.2. The normalized spacial score (nSPS) is 10.8. The number of halogens is 1. The van der Waals surface area contributed by atoms with Crippen LogP contribution in [0.15, 0.2) is 84.3 Å². The first-order chi connectivity index (χ1) is 15.1. The Morgan fingerprint density at radius 1 is 1.03 bits per heavy atom. The van der Waals surface area contributed by atoms with Gasteiger partial charge < -0.3 is 4.90 Å². The summed E-state index contributed by atoms with van der Waals surface area (Å²) in [4.78, 5) is 18.4. The third-order valence-electron chi connectivity index (χ3n) is 4.64. The second-order valence-corrected chi connectivity index (χ2v) is 7.83. The summed E-state index contributed by atoms with van der Waals surface area (Å²) in [6, 6.07) is 19.6. The highest BCUT2D eigenvalue weighted by Crippen LogP contribution is 2.28. The number of rotatable bonds is 7. The van der Waals surface area contributed by atoms with Crippen molar-refractivity contribution in [3.63, 3.8) is 0 Å². The van der Waals surface area contributed by atoms with Crippen LogP contribution < -0.4 is 0 Å². The average Bonchev–Trinajstić information content (AvgIpc) is 3.23. The quantitative estimate of drug-likeness (QED) is 0.409. The molecule has 8 heteroatoms. The first-order valence-corrected chi connectivity index (χ1v) is 10.6. The lowest BCUT2D eigenvalue weighted by molar-refractivity contribution is -0.127. The van der Waals surface area contributed by atoms with Crippen molar-refractivity contribution in [3.8, 4) is 17.1 Å². The van der Waals surface area contributed by atoms with Gasteiger partial charge in [0.2, 0.25) is 5.91 Å². The number of carbonyl (C=O) groups excluding carboxylic acids is 1. The summed E-state index contributed by atoms with van der Waals surface area (Å²) in [6.45, 7) is 0.486. The summed E-state index contributed by atoms with van der Waals surface area (Å²) < 4.78 is 15.3. The van der Waals surface area contributed by atoms with Gasteiger partial charge in [-0.25, -0.2) is 4.39 Å². The van der Waals surface area contributed by atoms with Crippen molar-refractivity contribution in [1.82, 2.24) is 24.6 Å². The lowest BCUT2D eigenvalue weighted by Crippen LogP contribution is -2.27. The van der Waals surface area contributed by atoms with E-state index in [-0.39, 0.29) is 17.5 Å². The highest BCUT2D eigenvalue weighted by atomic mass is 32.2. The van der Waals surface area contributed by atoms with Crippen LogP contribution in [0.25, 0.3) is 17.1 Å². The monoisotopic (exact) mass is 433 g/mol. The molecule has 0 N–H and O–H groups in total. The number of nitrogens with zero attached hydrogens (tertiary/aromatic N) is 5. The van der Waals surface area contributed by atoms with Crippen LogP contribution in [0.3, 0.4) is 0 Å². The number of para-hydroxylation sites is 1. The molecule has 0 spiro atoms. The van der Waals surface area contributed by atoms with Gasteiger partial charge in [-0.05, 0) is 48.0 Å². The average molecular weight is 434 g/mol. The van der Waals surface area contributed by atoms with Gasteiger partial charge in [-0.2, -0.15) is 0 Å². The van der Waals surface area contributed by atoms with E-state index in [1.165, 1.54) is 23.9 Å². The standard InChI is InChI=1S/C23H20FN5OS/c1-28(15-17-6-5-13-25-14-17)21(30)16-31-23-27-26-22(18-9-11-19(24)12-10-18)29(23)20-7-3-2-4-8-20/h2-14H,15-16H2,1H3. The zero-order chi connectivity index (χ0) is 21.6. The summed E-state index contributed by atoms with van der Waals surface area (Å²) in [5, 5.41) is 9.22. The third kappa shape index (κ3) is 4.97. The second kappa shape index (κ2) is 9.53. The lowest BCUT2D eigenvalue weighted by Gasteiger charge is -2.17. The van der Waals surface area contributed by atoms with Crippen LogP contribution in [-0.2, 0) is 11.3 Å². The minimum atomic E-state index is -0.314. The fourth-order valence-electron chi connectivity index (χ4n) is 3.05. The van der Waals surface area contributed by atoms with E-state index in [0.717, 1.165) is 16.8 Å². The highest BCUT2D eigenvalue weighted by Gasteiger charge is 2.18. The number of carbonyl (C=O) groups is 1. The Labute approximate surface area is 183 Å². The van der Waals surface area contributed by atoms with Gasteiger partial charge in [0, 0.05) is 37.2 Å². The first-order valence-electron chi connectivity index (χ1n) is 9.64. The van der Waals surface area contributed by atoms with E-state index in [0.29, 0.717) is 17.5 Å². The summed E-state index contributed by atoms with van der Waals surface area (Å²) in [6.07, 6.45) is 3.45. The fourth-order valence-corrected chi connectivity index (χ4v) is 3.94.